The second-order valence-corrected chi connectivity index (χ2v) is 5.07. The van der Waals surface area contributed by atoms with Crippen LogP contribution in [0.4, 0.5) is 5.82 Å². The molecule has 18 heavy (non-hydrogen) atoms. The second-order valence-electron chi connectivity index (χ2n) is 5.07. The molecule has 1 aliphatic rings. The van der Waals surface area contributed by atoms with E-state index in [9.17, 15) is 0 Å². The Balaban J connectivity index is 2.01. The Kier molecular flexibility index (Phi) is 4.96. The van der Waals surface area contributed by atoms with Gasteiger partial charge in [-0.3, -0.25) is 4.90 Å². The summed E-state index contributed by atoms with van der Waals surface area (Å²) >= 11 is 0. The van der Waals surface area contributed by atoms with Gasteiger partial charge >= 0.3 is 0 Å². The van der Waals surface area contributed by atoms with Crippen molar-refractivity contribution >= 4 is 5.82 Å². The van der Waals surface area contributed by atoms with Gasteiger partial charge in [-0.2, -0.15) is 0 Å². The van der Waals surface area contributed by atoms with E-state index in [4.69, 9.17) is 5.84 Å². The molecule has 4 nitrogen and oxygen atoms in total. The van der Waals surface area contributed by atoms with Crippen LogP contribution in [0.2, 0.25) is 0 Å². The maximum absolute atomic E-state index is 5.40. The Bertz CT molecular complexity index is 365. The van der Waals surface area contributed by atoms with Gasteiger partial charge in [-0.25, -0.2) is 10.8 Å². The summed E-state index contributed by atoms with van der Waals surface area (Å²) in [4.78, 5) is 7.08. The van der Waals surface area contributed by atoms with Gasteiger partial charge in [0.1, 0.15) is 5.82 Å². The van der Waals surface area contributed by atoms with E-state index in [1.165, 1.54) is 38.6 Å². The number of anilines is 1. The fourth-order valence-corrected chi connectivity index (χ4v) is 2.78. The summed E-state index contributed by atoms with van der Waals surface area (Å²) in [5, 5.41) is 0. The zero-order valence-corrected chi connectivity index (χ0v) is 11.2. The number of pyridine rings is 1. The summed E-state index contributed by atoms with van der Waals surface area (Å²) in [7, 11) is 0. The fraction of sp³-hybridized carbons (Fsp3) is 0.643. The van der Waals surface area contributed by atoms with Crippen molar-refractivity contribution < 1.29 is 0 Å². The Hall–Kier alpha value is -1.13. The van der Waals surface area contributed by atoms with Crippen LogP contribution in [0.1, 0.15) is 44.7 Å². The van der Waals surface area contributed by atoms with Crippen molar-refractivity contribution in [3.8, 4) is 0 Å². The number of likely N-dealkylation sites (tertiary alicyclic amines) is 1. The first-order valence-electron chi connectivity index (χ1n) is 7.00. The van der Waals surface area contributed by atoms with E-state index in [1.807, 2.05) is 12.1 Å². The molecule has 2 rings (SSSR count). The molecule has 0 bridgehead atoms. The number of hydrazine groups is 1. The number of nitrogens with one attached hydrogen (secondary N) is 1. The summed E-state index contributed by atoms with van der Waals surface area (Å²) in [5.41, 5.74) is 3.72. The lowest BCUT2D eigenvalue weighted by molar-refractivity contribution is 0.130. The van der Waals surface area contributed by atoms with E-state index in [2.05, 4.69) is 28.3 Å². The summed E-state index contributed by atoms with van der Waals surface area (Å²) in [6, 6.07) is 6.72. The molecule has 0 aromatic carbocycles. The molecule has 1 fully saturated rings. The van der Waals surface area contributed by atoms with Crippen LogP contribution in [0.25, 0.3) is 0 Å². The van der Waals surface area contributed by atoms with Crippen molar-refractivity contribution in [3.05, 3.63) is 23.9 Å². The maximum Gasteiger partial charge on any atom is 0.140 e. The van der Waals surface area contributed by atoms with E-state index >= 15 is 0 Å². The third-order valence-corrected chi connectivity index (χ3v) is 3.69. The van der Waals surface area contributed by atoms with Gasteiger partial charge in [0.25, 0.3) is 0 Å². The predicted molar refractivity (Wildman–Crippen MR) is 75.0 cm³/mol. The molecular weight excluding hydrogens is 224 g/mol. The average molecular weight is 248 g/mol. The van der Waals surface area contributed by atoms with E-state index < -0.39 is 0 Å². The van der Waals surface area contributed by atoms with Gasteiger partial charge in [0.15, 0.2) is 0 Å². The molecular formula is C14H24N4. The molecule has 0 saturated carbocycles. The molecule has 0 spiro atoms. The van der Waals surface area contributed by atoms with Crippen molar-refractivity contribution in [1.82, 2.24) is 9.88 Å². The van der Waals surface area contributed by atoms with E-state index in [0.29, 0.717) is 0 Å². The van der Waals surface area contributed by atoms with Gasteiger partial charge in [0.05, 0.1) is 5.69 Å². The first-order valence-corrected chi connectivity index (χ1v) is 7.00. The number of nitrogen functional groups attached to an aromatic ring is 1. The van der Waals surface area contributed by atoms with Crippen molar-refractivity contribution in [2.24, 2.45) is 5.84 Å². The molecule has 1 saturated heterocycles. The lowest BCUT2D eigenvalue weighted by atomic mass is 9.98. The average Bonchev–Trinajstić information content (AvgIpc) is 2.41. The van der Waals surface area contributed by atoms with Gasteiger partial charge in [-0.05, 0) is 37.9 Å². The van der Waals surface area contributed by atoms with Crippen LogP contribution in [-0.4, -0.2) is 22.5 Å². The van der Waals surface area contributed by atoms with Crippen molar-refractivity contribution in [2.75, 3.05) is 12.0 Å². The maximum atomic E-state index is 5.40. The van der Waals surface area contributed by atoms with E-state index in [0.717, 1.165) is 24.1 Å². The Labute approximate surface area is 110 Å². The standard InChI is InChI=1S/C14H24N4/c1-2-6-13-8-3-4-10-18(13)11-12-7-5-9-14(16-12)17-15/h5,7,9,13H,2-4,6,8,10-11,15H2,1H3,(H,16,17). The van der Waals surface area contributed by atoms with Gasteiger partial charge in [0.2, 0.25) is 0 Å². The summed E-state index contributed by atoms with van der Waals surface area (Å²) in [6.45, 7) is 4.41. The lowest BCUT2D eigenvalue weighted by Gasteiger charge is -2.35. The first-order chi connectivity index (χ1) is 8.83. The Morgan fingerprint density at radius 2 is 2.33 bits per heavy atom. The van der Waals surface area contributed by atoms with Gasteiger partial charge in [0, 0.05) is 12.6 Å². The topological polar surface area (TPSA) is 54.2 Å². The smallest absolute Gasteiger partial charge is 0.140 e. The van der Waals surface area contributed by atoms with Gasteiger partial charge in [-0.1, -0.05) is 25.8 Å². The van der Waals surface area contributed by atoms with Crippen LogP contribution >= 0.6 is 0 Å². The van der Waals surface area contributed by atoms with Gasteiger partial charge < -0.3 is 5.43 Å². The SMILES string of the molecule is CCCC1CCCCN1Cc1cccc(NN)n1. The van der Waals surface area contributed by atoms with Crippen molar-refractivity contribution in [3.63, 3.8) is 0 Å². The number of hydrogen-bond donors (Lipinski definition) is 2. The van der Waals surface area contributed by atoms with Crippen LogP contribution in [-0.2, 0) is 6.54 Å². The second kappa shape index (κ2) is 6.71. The molecule has 1 unspecified atom stereocenters. The summed E-state index contributed by atoms with van der Waals surface area (Å²) in [5.74, 6) is 6.15. The number of piperidine rings is 1. The number of rotatable bonds is 5. The minimum Gasteiger partial charge on any atom is -0.308 e. The molecule has 2 heterocycles. The highest BCUT2D eigenvalue weighted by Crippen LogP contribution is 2.22. The Morgan fingerprint density at radius 3 is 3.11 bits per heavy atom. The van der Waals surface area contributed by atoms with Crippen LogP contribution in [0.3, 0.4) is 0 Å². The third kappa shape index (κ3) is 3.43. The fourth-order valence-electron chi connectivity index (χ4n) is 2.78. The van der Waals surface area contributed by atoms with Crippen LogP contribution in [0.15, 0.2) is 18.2 Å². The summed E-state index contributed by atoms with van der Waals surface area (Å²) in [6.07, 6.45) is 6.59. The molecule has 100 valence electrons. The molecule has 0 radical (unpaired) electrons. The largest absolute Gasteiger partial charge is 0.308 e. The van der Waals surface area contributed by atoms with Crippen LogP contribution in [0, 0.1) is 0 Å². The van der Waals surface area contributed by atoms with Crippen molar-refractivity contribution in [2.45, 2.75) is 51.6 Å². The number of nitrogens with zero attached hydrogens (tertiary/aromatic N) is 2. The number of nitrogens with two attached hydrogens (primary N) is 1. The molecule has 3 N–H and O–H groups in total. The number of aromatic nitrogens is 1. The highest BCUT2D eigenvalue weighted by Gasteiger charge is 2.21. The Morgan fingerprint density at radius 1 is 1.44 bits per heavy atom. The van der Waals surface area contributed by atoms with E-state index in [1.54, 1.807) is 0 Å². The number of hydrogen-bond acceptors (Lipinski definition) is 4. The molecule has 4 heteroatoms. The molecule has 0 aliphatic carbocycles. The molecule has 0 amide bonds. The van der Waals surface area contributed by atoms with Gasteiger partial charge in [-0.15, -0.1) is 0 Å². The molecule has 1 aromatic rings. The zero-order valence-electron chi connectivity index (χ0n) is 11.2. The third-order valence-electron chi connectivity index (χ3n) is 3.69. The minimum atomic E-state index is 0.736. The quantitative estimate of drug-likeness (QED) is 0.621. The molecule has 1 aliphatic heterocycles. The van der Waals surface area contributed by atoms with Crippen LogP contribution in [0.5, 0.6) is 0 Å². The molecule has 1 atom stereocenters. The highest BCUT2D eigenvalue weighted by molar-refractivity contribution is 5.33. The lowest BCUT2D eigenvalue weighted by Crippen LogP contribution is -2.39. The molecule has 1 aromatic heterocycles. The zero-order chi connectivity index (χ0) is 12.8. The highest BCUT2D eigenvalue weighted by atomic mass is 15.3. The van der Waals surface area contributed by atoms with Crippen molar-refractivity contribution in [1.29, 1.82) is 0 Å². The van der Waals surface area contributed by atoms with E-state index in [-0.39, 0.29) is 0 Å². The minimum absolute atomic E-state index is 0.736. The first kappa shape index (κ1) is 13.3. The monoisotopic (exact) mass is 248 g/mol. The normalized spacial score (nSPS) is 20.9. The predicted octanol–water partition coefficient (Wildman–Crippen LogP) is 2.52. The summed E-state index contributed by atoms with van der Waals surface area (Å²) < 4.78 is 0. The van der Waals surface area contributed by atoms with Crippen LogP contribution < -0.4 is 11.3 Å².